The summed E-state index contributed by atoms with van der Waals surface area (Å²) in [5.41, 5.74) is 0.322. The third-order valence-corrected chi connectivity index (χ3v) is 4.07. The number of alkyl carbamates (subject to hydrolysis) is 1. The SMILES string of the molecule is C=C(C)SC(=NC)NC(=O)Cc1cccc(OCCCNC(=O)OC(C)(C)C)c1. The molecule has 7 nitrogen and oxygen atoms in total. The quantitative estimate of drug-likeness (QED) is 0.378. The minimum Gasteiger partial charge on any atom is -0.494 e. The van der Waals surface area contributed by atoms with Crippen molar-refractivity contribution in [3.63, 3.8) is 0 Å². The number of ether oxygens (including phenoxy) is 2. The summed E-state index contributed by atoms with van der Waals surface area (Å²) in [6, 6.07) is 7.37. The number of thioether (sulfide) groups is 1. The Morgan fingerprint density at radius 2 is 2.00 bits per heavy atom. The number of hydrogen-bond donors (Lipinski definition) is 2. The molecule has 0 atom stereocenters. The Morgan fingerprint density at radius 1 is 1.28 bits per heavy atom. The molecule has 0 bridgehead atoms. The van der Waals surface area contributed by atoms with Gasteiger partial charge < -0.3 is 20.1 Å². The molecule has 1 rings (SSSR count). The first-order chi connectivity index (χ1) is 13.6. The number of nitrogens with zero attached hydrogens (tertiary/aromatic N) is 1. The fraction of sp³-hybridized carbons (Fsp3) is 0.476. The van der Waals surface area contributed by atoms with Gasteiger partial charge in [0.05, 0.1) is 13.0 Å². The predicted molar refractivity (Wildman–Crippen MR) is 118 cm³/mol. The lowest BCUT2D eigenvalue weighted by atomic mass is 10.1. The van der Waals surface area contributed by atoms with Gasteiger partial charge in [0.25, 0.3) is 0 Å². The summed E-state index contributed by atoms with van der Waals surface area (Å²) in [4.78, 5) is 28.7. The van der Waals surface area contributed by atoms with Gasteiger partial charge in [0.1, 0.15) is 11.4 Å². The Morgan fingerprint density at radius 3 is 2.62 bits per heavy atom. The number of carbonyl (C=O) groups is 2. The molecule has 1 aromatic rings. The van der Waals surface area contributed by atoms with E-state index >= 15 is 0 Å². The molecule has 0 aromatic heterocycles. The number of benzene rings is 1. The molecule has 0 saturated heterocycles. The van der Waals surface area contributed by atoms with Gasteiger partial charge in [0.15, 0.2) is 5.17 Å². The number of hydrogen-bond acceptors (Lipinski definition) is 6. The van der Waals surface area contributed by atoms with E-state index in [1.54, 1.807) is 7.05 Å². The summed E-state index contributed by atoms with van der Waals surface area (Å²) in [5, 5.41) is 5.98. The van der Waals surface area contributed by atoms with Crippen LogP contribution < -0.4 is 15.4 Å². The molecular weight excluding hydrogens is 390 g/mol. The van der Waals surface area contributed by atoms with E-state index in [9.17, 15) is 9.59 Å². The molecule has 0 heterocycles. The van der Waals surface area contributed by atoms with Crippen molar-refractivity contribution in [3.05, 3.63) is 41.3 Å². The first-order valence-electron chi connectivity index (χ1n) is 9.37. The smallest absolute Gasteiger partial charge is 0.407 e. The number of amides is 2. The second kappa shape index (κ2) is 12.2. The summed E-state index contributed by atoms with van der Waals surface area (Å²) in [7, 11) is 1.62. The average Bonchev–Trinajstić information content (AvgIpc) is 2.59. The Bertz CT molecular complexity index is 742. The van der Waals surface area contributed by atoms with Gasteiger partial charge in [0.2, 0.25) is 5.91 Å². The first-order valence-corrected chi connectivity index (χ1v) is 10.2. The van der Waals surface area contributed by atoms with E-state index in [0.717, 1.165) is 10.5 Å². The van der Waals surface area contributed by atoms with Crippen molar-refractivity contribution in [2.75, 3.05) is 20.2 Å². The highest BCUT2D eigenvalue weighted by atomic mass is 32.2. The van der Waals surface area contributed by atoms with Crippen molar-refractivity contribution in [1.82, 2.24) is 10.6 Å². The van der Waals surface area contributed by atoms with E-state index in [2.05, 4.69) is 22.2 Å². The lowest BCUT2D eigenvalue weighted by Gasteiger charge is -2.19. The van der Waals surface area contributed by atoms with Crippen LogP contribution in [0.2, 0.25) is 0 Å². The van der Waals surface area contributed by atoms with Crippen molar-refractivity contribution in [2.45, 2.75) is 46.1 Å². The van der Waals surface area contributed by atoms with Crippen LogP contribution in [-0.4, -0.2) is 43.0 Å². The molecule has 0 radical (unpaired) electrons. The zero-order valence-corrected chi connectivity index (χ0v) is 18.6. The maximum Gasteiger partial charge on any atom is 0.407 e. The molecule has 2 N–H and O–H groups in total. The van der Waals surface area contributed by atoms with Crippen LogP contribution >= 0.6 is 11.8 Å². The predicted octanol–water partition coefficient (Wildman–Crippen LogP) is 3.89. The third-order valence-electron chi connectivity index (χ3n) is 3.24. The topological polar surface area (TPSA) is 89.0 Å². The molecule has 2 amide bonds. The molecule has 0 aliphatic heterocycles. The van der Waals surface area contributed by atoms with Crippen LogP contribution in [0.15, 0.2) is 40.7 Å². The van der Waals surface area contributed by atoms with Crippen molar-refractivity contribution < 1.29 is 19.1 Å². The Kier molecular flexibility index (Phi) is 10.3. The second-order valence-corrected chi connectivity index (χ2v) is 8.62. The summed E-state index contributed by atoms with van der Waals surface area (Å²) in [5.74, 6) is 0.520. The fourth-order valence-electron chi connectivity index (χ4n) is 2.15. The van der Waals surface area contributed by atoms with E-state index in [-0.39, 0.29) is 12.3 Å². The average molecular weight is 422 g/mol. The van der Waals surface area contributed by atoms with E-state index in [1.165, 1.54) is 11.8 Å². The van der Waals surface area contributed by atoms with Gasteiger partial charge >= 0.3 is 6.09 Å². The van der Waals surface area contributed by atoms with Crippen LogP contribution in [0, 0.1) is 0 Å². The fourth-order valence-corrected chi connectivity index (χ4v) is 2.74. The molecule has 0 saturated carbocycles. The first kappa shape index (κ1) is 24.6. The maximum atomic E-state index is 12.2. The number of aliphatic imine (C=N–C) groups is 1. The molecule has 0 spiro atoms. The number of allylic oxidation sites excluding steroid dienone is 1. The van der Waals surface area contributed by atoms with E-state index in [1.807, 2.05) is 52.0 Å². The van der Waals surface area contributed by atoms with Gasteiger partial charge in [-0.05, 0) is 56.7 Å². The monoisotopic (exact) mass is 421 g/mol. The van der Waals surface area contributed by atoms with Gasteiger partial charge in [-0.2, -0.15) is 0 Å². The molecule has 8 heteroatoms. The van der Waals surface area contributed by atoms with E-state index in [4.69, 9.17) is 9.47 Å². The highest BCUT2D eigenvalue weighted by molar-refractivity contribution is 8.17. The molecule has 0 aliphatic carbocycles. The molecule has 0 fully saturated rings. The van der Waals surface area contributed by atoms with Gasteiger partial charge in [-0.25, -0.2) is 4.79 Å². The van der Waals surface area contributed by atoms with E-state index < -0.39 is 11.7 Å². The van der Waals surface area contributed by atoms with Gasteiger partial charge in [-0.3, -0.25) is 9.79 Å². The number of nitrogens with one attached hydrogen (secondary N) is 2. The van der Waals surface area contributed by atoms with Crippen LogP contribution in [0.4, 0.5) is 4.79 Å². The molecule has 1 aromatic carbocycles. The van der Waals surface area contributed by atoms with Crippen LogP contribution in [-0.2, 0) is 16.0 Å². The summed E-state index contributed by atoms with van der Waals surface area (Å²) in [6.07, 6.45) is 0.413. The zero-order chi connectivity index (χ0) is 21.9. The Balaban J connectivity index is 2.40. The van der Waals surface area contributed by atoms with Crippen molar-refractivity contribution in [2.24, 2.45) is 4.99 Å². The highest BCUT2D eigenvalue weighted by Crippen LogP contribution is 2.15. The minimum absolute atomic E-state index is 0.155. The van der Waals surface area contributed by atoms with Crippen molar-refractivity contribution >= 4 is 28.9 Å². The minimum atomic E-state index is -0.514. The highest BCUT2D eigenvalue weighted by Gasteiger charge is 2.15. The molecular formula is C21H31N3O4S. The normalized spacial score (nSPS) is 11.6. The number of carbonyl (C=O) groups excluding carboxylic acids is 2. The summed E-state index contributed by atoms with van der Waals surface area (Å²) in [6.45, 7) is 12.0. The molecule has 0 aliphatic rings. The Labute approximate surface area is 177 Å². The van der Waals surface area contributed by atoms with Gasteiger partial charge in [-0.1, -0.05) is 30.5 Å². The van der Waals surface area contributed by atoms with Gasteiger partial charge in [0, 0.05) is 13.6 Å². The van der Waals surface area contributed by atoms with Crippen molar-refractivity contribution in [1.29, 1.82) is 0 Å². The van der Waals surface area contributed by atoms with Crippen LogP contribution in [0.5, 0.6) is 5.75 Å². The zero-order valence-electron chi connectivity index (χ0n) is 17.8. The number of rotatable bonds is 8. The maximum absolute atomic E-state index is 12.2. The van der Waals surface area contributed by atoms with Crippen LogP contribution in [0.1, 0.15) is 39.7 Å². The third kappa shape index (κ3) is 11.8. The largest absolute Gasteiger partial charge is 0.494 e. The number of amidine groups is 1. The molecule has 160 valence electrons. The summed E-state index contributed by atoms with van der Waals surface area (Å²) < 4.78 is 10.9. The molecule has 29 heavy (non-hydrogen) atoms. The summed E-state index contributed by atoms with van der Waals surface area (Å²) >= 11 is 1.32. The standard InChI is InChI=1S/C21H31N3O4S/c1-15(2)29-19(22-6)24-18(25)14-16-9-7-10-17(13-16)27-12-8-11-23-20(26)28-21(3,4)5/h7,9-10,13H,1,8,11-12,14H2,2-6H3,(H,23,26)(H,22,24,25). The Hall–Kier alpha value is -2.48. The molecule has 0 unspecified atom stereocenters. The lowest BCUT2D eigenvalue weighted by Crippen LogP contribution is -2.33. The van der Waals surface area contributed by atoms with Crippen molar-refractivity contribution in [3.8, 4) is 5.75 Å². The van der Waals surface area contributed by atoms with Crippen LogP contribution in [0.25, 0.3) is 0 Å². The van der Waals surface area contributed by atoms with Gasteiger partial charge in [-0.15, -0.1) is 0 Å². The van der Waals surface area contributed by atoms with Crippen LogP contribution in [0.3, 0.4) is 0 Å². The lowest BCUT2D eigenvalue weighted by molar-refractivity contribution is -0.119. The second-order valence-electron chi connectivity index (χ2n) is 7.34. The van der Waals surface area contributed by atoms with E-state index in [0.29, 0.717) is 30.5 Å².